The standard InChI is InChI=1S/C17H31N3O2S/c1-8-13-12-23-14(18-13)11-17(4,5)22-10-9-16(2,3)19-15(21)20(6)7/h12H,8-11H2,1-7H3,(H,19,21). The molecule has 132 valence electrons. The predicted octanol–water partition coefficient (Wildman–Crippen LogP) is 3.48. The summed E-state index contributed by atoms with van der Waals surface area (Å²) in [4.78, 5) is 17.9. The van der Waals surface area contributed by atoms with Gasteiger partial charge in [-0.15, -0.1) is 11.3 Å². The molecule has 0 aliphatic carbocycles. The van der Waals surface area contributed by atoms with E-state index in [0.29, 0.717) is 6.61 Å². The quantitative estimate of drug-likeness (QED) is 0.787. The minimum absolute atomic E-state index is 0.0795. The van der Waals surface area contributed by atoms with Gasteiger partial charge in [0.15, 0.2) is 0 Å². The fraction of sp³-hybridized carbons (Fsp3) is 0.765. The molecule has 0 bridgehead atoms. The lowest BCUT2D eigenvalue weighted by Gasteiger charge is -2.30. The van der Waals surface area contributed by atoms with Crippen molar-refractivity contribution in [2.75, 3.05) is 20.7 Å². The summed E-state index contributed by atoms with van der Waals surface area (Å²) in [5.74, 6) is 0. The zero-order valence-electron chi connectivity index (χ0n) is 15.5. The second kappa shape index (κ2) is 8.11. The lowest BCUT2D eigenvalue weighted by atomic mass is 10.0. The van der Waals surface area contributed by atoms with Crippen LogP contribution < -0.4 is 5.32 Å². The first-order valence-corrected chi connectivity index (χ1v) is 8.99. The van der Waals surface area contributed by atoms with Gasteiger partial charge < -0.3 is 15.0 Å². The SMILES string of the molecule is CCc1csc(CC(C)(C)OCCC(C)(C)NC(=O)N(C)C)n1. The Labute approximate surface area is 144 Å². The Morgan fingerprint density at radius 1 is 1.35 bits per heavy atom. The third kappa shape index (κ3) is 7.31. The first-order valence-electron chi connectivity index (χ1n) is 8.11. The maximum Gasteiger partial charge on any atom is 0.317 e. The van der Waals surface area contributed by atoms with Crippen molar-refractivity contribution in [2.45, 2.75) is 65.0 Å². The second-order valence-electron chi connectivity index (χ2n) is 7.33. The summed E-state index contributed by atoms with van der Waals surface area (Å²) < 4.78 is 6.06. The molecule has 6 heteroatoms. The summed E-state index contributed by atoms with van der Waals surface area (Å²) in [7, 11) is 3.48. The number of amides is 2. The van der Waals surface area contributed by atoms with E-state index < -0.39 is 0 Å². The summed E-state index contributed by atoms with van der Waals surface area (Å²) >= 11 is 1.70. The van der Waals surface area contributed by atoms with E-state index in [-0.39, 0.29) is 17.2 Å². The smallest absolute Gasteiger partial charge is 0.317 e. The number of hydrogen-bond donors (Lipinski definition) is 1. The molecule has 0 unspecified atom stereocenters. The number of ether oxygens (including phenoxy) is 1. The zero-order valence-corrected chi connectivity index (χ0v) is 16.3. The predicted molar refractivity (Wildman–Crippen MR) is 96.1 cm³/mol. The molecular weight excluding hydrogens is 310 g/mol. The van der Waals surface area contributed by atoms with Gasteiger partial charge in [-0.05, 0) is 40.5 Å². The highest BCUT2D eigenvalue weighted by Gasteiger charge is 2.25. The zero-order chi connectivity index (χ0) is 17.7. The van der Waals surface area contributed by atoms with Gasteiger partial charge in [-0.3, -0.25) is 0 Å². The number of hydrogen-bond acceptors (Lipinski definition) is 4. The molecule has 5 nitrogen and oxygen atoms in total. The van der Waals surface area contributed by atoms with Crippen molar-refractivity contribution >= 4 is 17.4 Å². The monoisotopic (exact) mass is 341 g/mol. The molecule has 1 N–H and O–H groups in total. The lowest BCUT2D eigenvalue weighted by molar-refractivity contribution is -0.0242. The van der Waals surface area contributed by atoms with Gasteiger partial charge in [0.25, 0.3) is 0 Å². The minimum atomic E-state index is -0.298. The van der Waals surface area contributed by atoms with Gasteiger partial charge in [-0.2, -0.15) is 0 Å². The fourth-order valence-electron chi connectivity index (χ4n) is 2.05. The van der Waals surface area contributed by atoms with Crippen LogP contribution in [0.3, 0.4) is 0 Å². The van der Waals surface area contributed by atoms with E-state index in [1.165, 1.54) is 0 Å². The van der Waals surface area contributed by atoms with Crippen LogP contribution in [0.25, 0.3) is 0 Å². The van der Waals surface area contributed by atoms with Gasteiger partial charge in [0.2, 0.25) is 0 Å². The van der Waals surface area contributed by atoms with Crippen molar-refractivity contribution < 1.29 is 9.53 Å². The van der Waals surface area contributed by atoms with Crippen LogP contribution >= 0.6 is 11.3 Å². The van der Waals surface area contributed by atoms with Gasteiger partial charge in [0.05, 0.1) is 16.3 Å². The van der Waals surface area contributed by atoms with E-state index in [4.69, 9.17) is 4.74 Å². The van der Waals surface area contributed by atoms with Crippen molar-refractivity contribution in [1.82, 2.24) is 15.2 Å². The Balaban J connectivity index is 2.44. The molecule has 1 aromatic heterocycles. The molecule has 0 saturated heterocycles. The van der Waals surface area contributed by atoms with E-state index in [2.05, 4.69) is 36.5 Å². The number of urea groups is 1. The van der Waals surface area contributed by atoms with Gasteiger partial charge in [0.1, 0.15) is 0 Å². The van der Waals surface area contributed by atoms with Crippen LogP contribution in [0.5, 0.6) is 0 Å². The molecule has 1 aromatic rings. The lowest BCUT2D eigenvalue weighted by Crippen LogP contribution is -2.48. The Bertz CT molecular complexity index is 510. The first-order chi connectivity index (χ1) is 10.5. The number of thiazole rings is 1. The number of aryl methyl sites for hydroxylation is 1. The number of carbonyl (C=O) groups excluding carboxylic acids is 1. The van der Waals surface area contributed by atoms with E-state index in [1.54, 1.807) is 30.3 Å². The van der Waals surface area contributed by atoms with Crippen molar-refractivity contribution in [3.05, 3.63) is 16.1 Å². The molecule has 1 rings (SSSR count). The van der Waals surface area contributed by atoms with Crippen molar-refractivity contribution in [3.8, 4) is 0 Å². The molecule has 2 amide bonds. The molecule has 0 fully saturated rings. The number of carbonyl (C=O) groups is 1. The van der Waals surface area contributed by atoms with Crippen LogP contribution in [-0.2, 0) is 17.6 Å². The third-order valence-electron chi connectivity index (χ3n) is 3.61. The molecular formula is C17H31N3O2S. The average molecular weight is 342 g/mol. The molecule has 0 spiro atoms. The van der Waals surface area contributed by atoms with Crippen molar-refractivity contribution in [1.29, 1.82) is 0 Å². The van der Waals surface area contributed by atoms with Crippen LogP contribution in [0, 0.1) is 0 Å². The highest BCUT2D eigenvalue weighted by molar-refractivity contribution is 7.09. The highest BCUT2D eigenvalue weighted by Crippen LogP contribution is 2.21. The summed E-state index contributed by atoms with van der Waals surface area (Å²) in [5.41, 5.74) is 0.590. The summed E-state index contributed by atoms with van der Waals surface area (Å²) in [6.45, 7) is 10.9. The average Bonchev–Trinajstić information content (AvgIpc) is 2.84. The van der Waals surface area contributed by atoms with E-state index in [9.17, 15) is 4.79 Å². The van der Waals surface area contributed by atoms with Crippen LogP contribution in [0.15, 0.2) is 5.38 Å². The topological polar surface area (TPSA) is 54.5 Å². The summed E-state index contributed by atoms with van der Waals surface area (Å²) in [6, 6.07) is -0.0795. The van der Waals surface area contributed by atoms with Crippen molar-refractivity contribution in [2.24, 2.45) is 0 Å². The number of nitrogens with one attached hydrogen (secondary N) is 1. The molecule has 0 aromatic carbocycles. The Morgan fingerprint density at radius 3 is 2.52 bits per heavy atom. The van der Waals surface area contributed by atoms with Gasteiger partial charge in [-0.1, -0.05) is 6.92 Å². The Morgan fingerprint density at radius 2 is 2.00 bits per heavy atom. The normalized spacial score (nSPS) is 12.3. The summed E-state index contributed by atoms with van der Waals surface area (Å²) in [5, 5.41) is 6.23. The molecule has 0 radical (unpaired) electrons. The highest BCUT2D eigenvalue weighted by atomic mass is 32.1. The van der Waals surface area contributed by atoms with E-state index in [1.807, 2.05) is 13.8 Å². The minimum Gasteiger partial charge on any atom is -0.375 e. The maximum atomic E-state index is 11.8. The second-order valence-corrected chi connectivity index (χ2v) is 8.27. The molecule has 0 saturated carbocycles. The fourth-order valence-corrected chi connectivity index (χ4v) is 3.15. The molecule has 0 aliphatic heterocycles. The largest absolute Gasteiger partial charge is 0.375 e. The third-order valence-corrected chi connectivity index (χ3v) is 4.51. The molecule has 0 aliphatic rings. The van der Waals surface area contributed by atoms with E-state index >= 15 is 0 Å². The number of rotatable bonds is 8. The van der Waals surface area contributed by atoms with Crippen LogP contribution in [0.2, 0.25) is 0 Å². The number of nitrogens with zero attached hydrogens (tertiary/aromatic N) is 2. The van der Waals surface area contributed by atoms with Gasteiger partial charge in [-0.25, -0.2) is 9.78 Å². The molecule has 0 atom stereocenters. The Hall–Kier alpha value is -1.14. The van der Waals surface area contributed by atoms with E-state index in [0.717, 1.165) is 30.0 Å². The number of aromatic nitrogens is 1. The van der Waals surface area contributed by atoms with Crippen LogP contribution in [-0.4, -0.2) is 47.8 Å². The first kappa shape index (κ1) is 19.9. The van der Waals surface area contributed by atoms with Gasteiger partial charge in [0, 0.05) is 38.0 Å². The van der Waals surface area contributed by atoms with Crippen LogP contribution in [0.1, 0.15) is 51.7 Å². The molecule has 23 heavy (non-hydrogen) atoms. The maximum absolute atomic E-state index is 11.8. The molecule has 1 heterocycles. The van der Waals surface area contributed by atoms with Crippen LogP contribution in [0.4, 0.5) is 4.79 Å². The van der Waals surface area contributed by atoms with Gasteiger partial charge >= 0.3 is 6.03 Å². The summed E-state index contributed by atoms with van der Waals surface area (Å²) in [6.07, 6.45) is 2.54. The van der Waals surface area contributed by atoms with Crippen molar-refractivity contribution in [3.63, 3.8) is 0 Å². The Kier molecular flexibility index (Phi) is 7.02.